The Labute approximate surface area is 245 Å². The maximum Gasteiger partial charge on any atom is 0.164 e. The molecule has 0 saturated heterocycles. The maximum absolute atomic E-state index is 6.36. The van der Waals surface area contributed by atoms with Crippen LogP contribution < -0.4 is 9.75 Å². The van der Waals surface area contributed by atoms with E-state index in [1.807, 2.05) is 78.9 Å². The summed E-state index contributed by atoms with van der Waals surface area (Å²) in [6, 6.07) is 38.8. The Hall–Kier alpha value is -5.39. The maximum atomic E-state index is 6.36. The van der Waals surface area contributed by atoms with Gasteiger partial charge in [0, 0.05) is 42.1 Å². The molecule has 0 bridgehead atoms. The number of hydrogen-bond acceptors (Lipinski definition) is 5. The lowest BCUT2D eigenvalue weighted by Gasteiger charge is -2.09. The minimum absolute atomic E-state index is 0.600. The quantitative estimate of drug-likeness (QED) is 0.218. The second-order valence-corrected chi connectivity index (χ2v) is 11.3. The lowest BCUT2D eigenvalue weighted by molar-refractivity contribution is 0.669. The van der Waals surface area contributed by atoms with Crippen LogP contribution in [-0.2, 0) is 0 Å². The molecule has 0 amide bonds. The molecule has 5 aromatic carbocycles. The third kappa shape index (κ3) is 3.94. The van der Waals surface area contributed by atoms with Gasteiger partial charge < -0.3 is 4.42 Å². The Bertz CT molecular complexity index is 2330. The molecule has 8 aromatic rings. The third-order valence-corrected chi connectivity index (χ3v) is 8.70. The van der Waals surface area contributed by atoms with Crippen LogP contribution in [0.15, 0.2) is 120 Å². The molecule has 8 rings (SSSR count). The average Bonchev–Trinajstić information content (AvgIpc) is 3.57. The summed E-state index contributed by atoms with van der Waals surface area (Å²) < 4.78 is 8.54. The molecule has 4 nitrogen and oxygen atoms in total. The summed E-state index contributed by atoms with van der Waals surface area (Å²) in [5.41, 5.74) is 6.59. The average molecular weight is 558 g/mol. The van der Waals surface area contributed by atoms with Gasteiger partial charge in [-0.05, 0) is 40.6 Å². The summed E-state index contributed by atoms with van der Waals surface area (Å²) in [5.74, 6) is 1.85. The third-order valence-electron chi connectivity index (χ3n) is 7.64. The molecule has 0 aliphatic heterocycles. The molecule has 5 heteroatoms. The van der Waals surface area contributed by atoms with Crippen molar-refractivity contribution in [1.82, 2.24) is 15.0 Å². The van der Waals surface area contributed by atoms with Gasteiger partial charge in [0.15, 0.2) is 17.5 Å². The molecule has 0 aliphatic carbocycles. The zero-order valence-electron chi connectivity index (χ0n) is 22.5. The van der Waals surface area contributed by atoms with Gasteiger partial charge in [-0.2, -0.15) is 0 Å². The van der Waals surface area contributed by atoms with E-state index in [9.17, 15) is 0 Å². The summed E-state index contributed by atoms with van der Waals surface area (Å²) in [5, 5.41) is 4.12. The summed E-state index contributed by atoms with van der Waals surface area (Å²) in [4.78, 5) is 14.9. The topological polar surface area (TPSA) is 51.8 Å². The summed E-state index contributed by atoms with van der Waals surface area (Å²) in [6.07, 6.45) is 0. The molecule has 0 N–H and O–H groups in total. The van der Waals surface area contributed by atoms with E-state index >= 15 is 0 Å². The number of furan rings is 1. The first-order valence-corrected chi connectivity index (χ1v) is 14.5. The predicted molar refractivity (Wildman–Crippen MR) is 175 cm³/mol. The summed E-state index contributed by atoms with van der Waals surface area (Å²) in [7, 11) is 0. The lowest BCUT2D eigenvalue weighted by Crippen LogP contribution is -2.14. The fourth-order valence-corrected chi connectivity index (χ4v) is 6.58. The van der Waals surface area contributed by atoms with Gasteiger partial charge in [0.05, 0.1) is 0 Å². The first-order valence-electron chi connectivity index (χ1n) is 13.7. The van der Waals surface area contributed by atoms with E-state index in [2.05, 4.69) is 49.6 Å². The second kappa shape index (κ2) is 9.61. The monoisotopic (exact) mass is 557 g/mol. The van der Waals surface area contributed by atoms with Crippen LogP contribution in [0.5, 0.6) is 0 Å². The SMILES string of the molecule is C=c1sc2cccc(-c3ccc4oc5cccc(-c6nc(-c7ccccc7)nc(-c7ccccc7)n6)c5c4c3)c2c1=C. The molecule has 0 spiro atoms. The van der Waals surface area contributed by atoms with Crippen LogP contribution in [0, 0.1) is 0 Å². The standard InChI is InChI=1S/C37H23N3OS/c1-22-23(2)42-32-18-10-15-27(33(22)32)26-19-20-30-29(21-26)34-28(16-9-17-31(34)41-30)37-39-35(24-11-5-3-6-12-24)38-36(40-37)25-13-7-4-8-14-25/h3-21H,1-2H2. The largest absolute Gasteiger partial charge is 0.456 e. The van der Waals surface area contributed by atoms with E-state index in [1.165, 1.54) is 4.70 Å². The smallest absolute Gasteiger partial charge is 0.164 e. The van der Waals surface area contributed by atoms with Crippen molar-refractivity contribution in [2.45, 2.75) is 0 Å². The Kier molecular flexibility index (Phi) is 5.59. The highest BCUT2D eigenvalue weighted by Gasteiger charge is 2.18. The van der Waals surface area contributed by atoms with Crippen molar-refractivity contribution in [2.24, 2.45) is 0 Å². The van der Waals surface area contributed by atoms with Crippen molar-refractivity contribution in [3.8, 4) is 45.3 Å². The molecular weight excluding hydrogens is 534 g/mol. The molecule has 0 aliphatic rings. The highest BCUT2D eigenvalue weighted by atomic mass is 32.1. The molecule has 0 radical (unpaired) electrons. The first-order chi connectivity index (χ1) is 20.6. The number of thiophene rings is 1. The van der Waals surface area contributed by atoms with Gasteiger partial charge >= 0.3 is 0 Å². The van der Waals surface area contributed by atoms with E-state index in [-0.39, 0.29) is 0 Å². The zero-order chi connectivity index (χ0) is 28.2. The van der Waals surface area contributed by atoms with Crippen LogP contribution in [0.1, 0.15) is 0 Å². The minimum atomic E-state index is 0.600. The molecule has 3 aromatic heterocycles. The van der Waals surface area contributed by atoms with E-state index in [0.29, 0.717) is 17.5 Å². The Balaban J connectivity index is 1.39. The van der Waals surface area contributed by atoms with Crippen molar-refractivity contribution in [3.05, 3.63) is 125 Å². The lowest BCUT2D eigenvalue weighted by atomic mass is 9.98. The molecule has 0 unspecified atom stereocenters. The minimum Gasteiger partial charge on any atom is -0.456 e. The van der Waals surface area contributed by atoms with Crippen LogP contribution >= 0.6 is 11.3 Å². The van der Waals surface area contributed by atoms with Gasteiger partial charge in [0.2, 0.25) is 0 Å². The first kappa shape index (κ1) is 24.4. The van der Waals surface area contributed by atoms with E-state index < -0.39 is 0 Å². The fraction of sp³-hybridized carbons (Fsp3) is 0. The Morgan fingerprint density at radius 3 is 1.88 bits per heavy atom. The number of hydrogen-bond donors (Lipinski definition) is 0. The van der Waals surface area contributed by atoms with Crippen LogP contribution in [0.4, 0.5) is 0 Å². The molecule has 198 valence electrons. The van der Waals surface area contributed by atoms with E-state index in [0.717, 1.165) is 64.9 Å². The second-order valence-electron chi connectivity index (χ2n) is 10.2. The molecular formula is C37H23N3OS. The predicted octanol–water partition coefficient (Wildman–Crippen LogP) is 8.47. The van der Waals surface area contributed by atoms with E-state index in [4.69, 9.17) is 19.4 Å². The molecule has 0 fully saturated rings. The van der Waals surface area contributed by atoms with Crippen molar-refractivity contribution < 1.29 is 4.42 Å². The van der Waals surface area contributed by atoms with Crippen LogP contribution in [-0.4, -0.2) is 15.0 Å². The van der Waals surface area contributed by atoms with Crippen LogP contribution in [0.3, 0.4) is 0 Å². The van der Waals surface area contributed by atoms with Crippen molar-refractivity contribution >= 4 is 56.5 Å². The number of aromatic nitrogens is 3. The van der Waals surface area contributed by atoms with Gasteiger partial charge in [-0.25, -0.2) is 15.0 Å². The summed E-state index contributed by atoms with van der Waals surface area (Å²) >= 11 is 1.68. The fourth-order valence-electron chi connectivity index (χ4n) is 5.61. The molecule has 3 heterocycles. The number of benzene rings is 5. The van der Waals surface area contributed by atoms with Gasteiger partial charge in [-0.1, -0.05) is 104 Å². The highest BCUT2D eigenvalue weighted by molar-refractivity contribution is 7.17. The van der Waals surface area contributed by atoms with Crippen molar-refractivity contribution in [2.75, 3.05) is 0 Å². The van der Waals surface area contributed by atoms with Crippen LogP contribution in [0.2, 0.25) is 0 Å². The van der Waals surface area contributed by atoms with Crippen LogP contribution in [0.25, 0.3) is 90.5 Å². The number of rotatable bonds is 4. The van der Waals surface area contributed by atoms with Crippen molar-refractivity contribution in [1.29, 1.82) is 0 Å². The van der Waals surface area contributed by atoms with Gasteiger partial charge in [-0.3, -0.25) is 0 Å². The summed E-state index contributed by atoms with van der Waals surface area (Å²) in [6.45, 7) is 8.52. The Morgan fingerprint density at radius 2 is 1.17 bits per heavy atom. The van der Waals surface area contributed by atoms with E-state index in [1.54, 1.807) is 11.3 Å². The van der Waals surface area contributed by atoms with Gasteiger partial charge in [0.1, 0.15) is 11.2 Å². The number of fused-ring (bicyclic) bond motifs is 4. The normalized spacial score (nSPS) is 11.5. The molecule has 0 atom stereocenters. The van der Waals surface area contributed by atoms with Gasteiger partial charge in [-0.15, -0.1) is 11.3 Å². The Morgan fingerprint density at radius 1 is 0.524 bits per heavy atom. The highest BCUT2D eigenvalue weighted by Crippen LogP contribution is 2.39. The molecule has 42 heavy (non-hydrogen) atoms. The zero-order valence-corrected chi connectivity index (χ0v) is 23.4. The molecule has 0 saturated carbocycles. The van der Waals surface area contributed by atoms with Crippen molar-refractivity contribution in [3.63, 3.8) is 0 Å². The van der Waals surface area contributed by atoms with Gasteiger partial charge in [0.25, 0.3) is 0 Å². The number of nitrogens with zero attached hydrogens (tertiary/aromatic N) is 3.